The van der Waals surface area contributed by atoms with E-state index < -0.39 is 0 Å². The highest BCUT2D eigenvalue weighted by atomic mass is 16.2. The van der Waals surface area contributed by atoms with Crippen molar-refractivity contribution in [3.63, 3.8) is 0 Å². The van der Waals surface area contributed by atoms with Gasteiger partial charge in [0.15, 0.2) is 5.52 Å². The van der Waals surface area contributed by atoms with E-state index in [1.807, 2.05) is 27.6 Å². The summed E-state index contributed by atoms with van der Waals surface area (Å²) in [7, 11) is 0. The van der Waals surface area contributed by atoms with Crippen LogP contribution in [0.3, 0.4) is 0 Å². The number of aromatic nitrogens is 5. The molecule has 0 radical (unpaired) electrons. The van der Waals surface area contributed by atoms with Crippen molar-refractivity contribution in [2.24, 2.45) is 5.92 Å². The number of H-pyrrole nitrogens is 1. The zero-order valence-corrected chi connectivity index (χ0v) is 18.3. The van der Waals surface area contributed by atoms with Gasteiger partial charge in [-0.3, -0.25) is 18.6 Å². The minimum Gasteiger partial charge on any atom is -0.361 e. The molecule has 1 N–H and O–H groups in total. The largest absolute Gasteiger partial charge is 0.361 e. The highest BCUT2D eigenvalue weighted by Gasteiger charge is 2.27. The first kappa shape index (κ1) is 19.6. The summed E-state index contributed by atoms with van der Waals surface area (Å²) in [6, 6.07) is 8.41. The van der Waals surface area contributed by atoms with E-state index in [9.17, 15) is 9.59 Å². The summed E-state index contributed by atoms with van der Waals surface area (Å²) < 4.78 is 5.21. The Labute approximate surface area is 185 Å². The Balaban J connectivity index is 1.37. The third-order valence-electron chi connectivity index (χ3n) is 7.29. The minimum atomic E-state index is -0.184. The molecule has 0 bridgehead atoms. The maximum atomic E-state index is 13.5. The van der Waals surface area contributed by atoms with Crippen molar-refractivity contribution in [2.75, 3.05) is 0 Å². The zero-order chi connectivity index (χ0) is 21.7. The first-order valence-electron chi connectivity index (χ1n) is 12.0. The normalized spacial score (nSPS) is 17.1. The van der Waals surface area contributed by atoms with Gasteiger partial charge in [-0.25, -0.2) is 4.79 Å². The Bertz CT molecular complexity index is 1400. The fourth-order valence-corrected chi connectivity index (χ4v) is 5.38. The number of para-hydroxylation sites is 1. The van der Waals surface area contributed by atoms with Gasteiger partial charge in [-0.2, -0.15) is 5.10 Å². The second-order valence-electron chi connectivity index (χ2n) is 9.51. The summed E-state index contributed by atoms with van der Waals surface area (Å²) in [4.78, 5) is 30.3. The first-order chi connectivity index (χ1) is 15.7. The number of nitrogens with one attached hydrogen (secondary N) is 1. The van der Waals surface area contributed by atoms with Crippen LogP contribution >= 0.6 is 0 Å². The maximum absolute atomic E-state index is 13.5. The predicted molar refractivity (Wildman–Crippen MR) is 125 cm³/mol. The van der Waals surface area contributed by atoms with Crippen LogP contribution in [-0.4, -0.2) is 23.9 Å². The number of nitrogens with zero attached hydrogens (tertiary/aromatic N) is 4. The van der Waals surface area contributed by atoms with Crippen molar-refractivity contribution in [3.8, 4) is 0 Å². The number of hydrogen-bond donors (Lipinski definition) is 1. The van der Waals surface area contributed by atoms with E-state index in [4.69, 9.17) is 0 Å². The molecular weight excluding hydrogens is 402 g/mol. The number of rotatable bonds is 7. The standard InChI is InChI=1S/C25H29N5O2/c31-24-23-22(15-27-29(23)16-17-11-12-17)30(19-7-1-2-8-19)25(32)28(24)13-5-6-18-14-26-21-10-4-3-9-20(18)21/h3-4,9-10,14-15,17,19,26H,1-2,5-8,11-13,16H2. The fourth-order valence-electron chi connectivity index (χ4n) is 5.38. The molecule has 3 heterocycles. The van der Waals surface area contributed by atoms with Crippen molar-refractivity contribution < 1.29 is 0 Å². The van der Waals surface area contributed by atoms with Gasteiger partial charge in [-0.1, -0.05) is 31.0 Å². The van der Waals surface area contributed by atoms with Gasteiger partial charge in [0.05, 0.1) is 11.7 Å². The van der Waals surface area contributed by atoms with Gasteiger partial charge in [0.25, 0.3) is 5.56 Å². The summed E-state index contributed by atoms with van der Waals surface area (Å²) >= 11 is 0. The Hall–Kier alpha value is -3.09. The smallest absolute Gasteiger partial charge is 0.331 e. The van der Waals surface area contributed by atoms with E-state index in [0.29, 0.717) is 18.0 Å². The van der Waals surface area contributed by atoms with E-state index in [0.717, 1.165) is 56.1 Å². The molecule has 7 heteroatoms. The lowest BCUT2D eigenvalue weighted by atomic mass is 10.1. The van der Waals surface area contributed by atoms with Crippen molar-refractivity contribution in [2.45, 2.75) is 70.5 Å². The molecule has 0 spiro atoms. The third-order valence-corrected chi connectivity index (χ3v) is 7.29. The third kappa shape index (κ3) is 3.31. The molecule has 0 atom stereocenters. The van der Waals surface area contributed by atoms with Crippen LogP contribution in [0.5, 0.6) is 0 Å². The second kappa shape index (κ2) is 7.80. The zero-order valence-electron chi connectivity index (χ0n) is 18.3. The Morgan fingerprint density at radius 3 is 2.69 bits per heavy atom. The molecule has 7 nitrogen and oxygen atoms in total. The van der Waals surface area contributed by atoms with Gasteiger partial charge in [0, 0.05) is 36.2 Å². The summed E-state index contributed by atoms with van der Waals surface area (Å²) in [5.41, 5.74) is 3.32. The lowest BCUT2D eigenvalue weighted by Crippen LogP contribution is -2.41. The molecule has 2 fully saturated rings. The highest BCUT2D eigenvalue weighted by Crippen LogP contribution is 2.32. The molecule has 2 aliphatic carbocycles. The van der Waals surface area contributed by atoms with E-state index in [1.165, 1.54) is 28.4 Å². The summed E-state index contributed by atoms with van der Waals surface area (Å²) in [5, 5.41) is 5.75. The second-order valence-corrected chi connectivity index (χ2v) is 9.51. The van der Waals surface area contributed by atoms with Gasteiger partial charge < -0.3 is 4.98 Å². The number of fused-ring (bicyclic) bond motifs is 2. The Kier molecular flexibility index (Phi) is 4.77. The van der Waals surface area contributed by atoms with Crippen molar-refractivity contribution >= 4 is 21.9 Å². The summed E-state index contributed by atoms with van der Waals surface area (Å²) in [6.07, 6.45) is 12.0. The monoisotopic (exact) mass is 431 g/mol. The summed E-state index contributed by atoms with van der Waals surface area (Å²) in [5.74, 6) is 0.611. The van der Waals surface area contributed by atoms with E-state index in [1.54, 1.807) is 6.20 Å². The number of benzene rings is 1. The van der Waals surface area contributed by atoms with Crippen LogP contribution < -0.4 is 11.2 Å². The maximum Gasteiger partial charge on any atom is 0.331 e. The lowest BCUT2D eigenvalue weighted by Gasteiger charge is -2.17. The van der Waals surface area contributed by atoms with Gasteiger partial charge in [0.1, 0.15) is 0 Å². The van der Waals surface area contributed by atoms with Crippen LogP contribution in [-0.2, 0) is 19.5 Å². The van der Waals surface area contributed by atoms with Crippen molar-refractivity contribution in [3.05, 3.63) is 63.1 Å². The van der Waals surface area contributed by atoms with Crippen molar-refractivity contribution in [1.29, 1.82) is 0 Å². The van der Waals surface area contributed by atoms with Crippen LogP contribution in [0, 0.1) is 5.92 Å². The van der Waals surface area contributed by atoms with Crippen LogP contribution in [0.25, 0.3) is 21.9 Å². The molecule has 2 saturated carbocycles. The highest BCUT2D eigenvalue weighted by molar-refractivity contribution is 5.83. The van der Waals surface area contributed by atoms with Crippen LogP contribution in [0.2, 0.25) is 0 Å². The van der Waals surface area contributed by atoms with Crippen LogP contribution in [0.1, 0.15) is 56.6 Å². The van der Waals surface area contributed by atoms with Gasteiger partial charge in [0.2, 0.25) is 0 Å². The van der Waals surface area contributed by atoms with Crippen molar-refractivity contribution in [1.82, 2.24) is 23.9 Å². The predicted octanol–water partition coefficient (Wildman–Crippen LogP) is 4.00. The number of hydrogen-bond acceptors (Lipinski definition) is 3. The van der Waals surface area contributed by atoms with Gasteiger partial charge in [-0.05, 0) is 56.1 Å². The Morgan fingerprint density at radius 2 is 1.88 bits per heavy atom. The van der Waals surface area contributed by atoms with Crippen LogP contribution in [0.4, 0.5) is 0 Å². The number of aromatic amines is 1. The Morgan fingerprint density at radius 1 is 1.06 bits per heavy atom. The fraction of sp³-hybridized carbons (Fsp3) is 0.480. The van der Waals surface area contributed by atoms with E-state index in [2.05, 4.69) is 22.2 Å². The first-order valence-corrected chi connectivity index (χ1v) is 12.0. The summed E-state index contributed by atoms with van der Waals surface area (Å²) in [6.45, 7) is 1.20. The molecular formula is C25H29N5O2. The average Bonchev–Trinajstić information content (AvgIpc) is 3.18. The molecule has 166 valence electrons. The molecule has 32 heavy (non-hydrogen) atoms. The molecule has 4 aromatic rings. The van der Waals surface area contributed by atoms with Gasteiger partial charge in [-0.15, -0.1) is 0 Å². The molecule has 3 aromatic heterocycles. The van der Waals surface area contributed by atoms with Crippen LogP contribution in [0.15, 0.2) is 46.2 Å². The van der Waals surface area contributed by atoms with E-state index >= 15 is 0 Å². The SMILES string of the molecule is O=c1c2c(cnn2CC2CC2)n(C2CCCC2)c(=O)n1CCCc1c[nH]c2ccccc12. The molecule has 2 aliphatic rings. The number of aryl methyl sites for hydroxylation is 1. The topological polar surface area (TPSA) is 77.6 Å². The van der Waals surface area contributed by atoms with Gasteiger partial charge >= 0.3 is 5.69 Å². The quantitative estimate of drug-likeness (QED) is 0.480. The molecule has 0 amide bonds. The minimum absolute atomic E-state index is 0.167. The van der Waals surface area contributed by atoms with E-state index in [-0.39, 0.29) is 17.3 Å². The average molecular weight is 432 g/mol. The lowest BCUT2D eigenvalue weighted by molar-refractivity contribution is 0.470. The molecule has 0 saturated heterocycles. The molecule has 0 aliphatic heterocycles. The molecule has 0 unspecified atom stereocenters. The molecule has 1 aromatic carbocycles. The molecule has 6 rings (SSSR count).